The standard InChI is InChI=1S/C29H39ClO5/c1-4-6-7-8-9-14-23(30)19-20-33-26-17-12-10-15-24(26)29(32)35-27-18-13-11-16-25(27)28(31)34-21-22(3)5-2/h10-13,15-18,22-23H,4-9,14,19-21H2,1-3H3/t22-,23?/m0/s1. The maximum Gasteiger partial charge on any atom is 0.347 e. The van der Waals surface area contributed by atoms with Crippen LogP contribution in [0.4, 0.5) is 0 Å². The van der Waals surface area contributed by atoms with E-state index in [0.717, 1.165) is 19.3 Å². The Morgan fingerprint density at radius 1 is 0.829 bits per heavy atom. The molecule has 0 bridgehead atoms. The fourth-order valence-electron chi connectivity index (χ4n) is 3.46. The second-order valence-electron chi connectivity index (χ2n) is 8.93. The summed E-state index contributed by atoms with van der Waals surface area (Å²) in [5, 5.41) is 0.0454. The molecule has 0 saturated heterocycles. The van der Waals surface area contributed by atoms with Gasteiger partial charge in [-0.25, -0.2) is 9.59 Å². The van der Waals surface area contributed by atoms with Gasteiger partial charge in [0.2, 0.25) is 0 Å². The highest BCUT2D eigenvalue weighted by Gasteiger charge is 2.20. The summed E-state index contributed by atoms with van der Waals surface area (Å²) in [6, 6.07) is 13.5. The van der Waals surface area contributed by atoms with Crippen LogP contribution in [0, 0.1) is 5.92 Å². The number of halogens is 1. The molecule has 0 saturated carbocycles. The molecular formula is C29H39ClO5. The summed E-state index contributed by atoms with van der Waals surface area (Å²) in [7, 11) is 0. The minimum absolute atomic E-state index is 0.0454. The zero-order valence-electron chi connectivity index (χ0n) is 21.3. The Labute approximate surface area is 215 Å². The van der Waals surface area contributed by atoms with Gasteiger partial charge in [0.15, 0.2) is 0 Å². The lowest BCUT2D eigenvalue weighted by Crippen LogP contribution is -2.16. The molecule has 192 valence electrons. The Balaban J connectivity index is 1.94. The van der Waals surface area contributed by atoms with E-state index in [9.17, 15) is 9.59 Å². The first-order valence-electron chi connectivity index (χ1n) is 12.8. The average Bonchev–Trinajstić information content (AvgIpc) is 2.87. The zero-order valence-corrected chi connectivity index (χ0v) is 22.0. The molecule has 6 heteroatoms. The minimum atomic E-state index is -0.596. The average molecular weight is 503 g/mol. The van der Waals surface area contributed by atoms with E-state index in [1.165, 1.54) is 25.7 Å². The van der Waals surface area contributed by atoms with Crippen molar-refractivity contribution in [1.29, 1.82) is 0 Å². The predicted molar refractivity (Wildman–Crippen MR) is 141 cm³/mol. The van der Waals surface area contributed by atoms with E-state index in [4.69, 9.17) is 25.8 Å². The number of ether oxygens (including phenoxy) is 3. The molecule has 0 fully saturated rings. The Hall–Kier alpha value is -2.53. The highest BCUT2D eigenvalue weighted by molar-refractivity contribution is 6.20. The van der Waals surface area contributed by atoms with Gasteiger partial charge in [0.25, 0.3) is 0 Å². The summed E-state index contributed by atoms with van der Waals surface area (Å²) >= 11 is 6.46. The molecule has 0 spiro atoms. The molecule has 5 nitrogen and oxygen atoms in total. The quantitative estimate of drug-likeness (QED) is 0.101. The predicted octanol–water partition coefficient (Wildman–Crippen LogP) is 7.85. The fraction of sp³-hybridized carbons (Fsp3) is 0.517. The van der Waals surface area contributed by atoms with Crippen LogP contribution in [0.15, 0.2) is 48.5 Å². The monoisotopic (exact) mass is 502 g/mol. The normalized spacial score (nSPS) is 12.6. The summed E-state index contributed by atoms with van der Waals surface area (Å²) in [6.07, 6.45) is 8.65. The Morgan fingerprint density at radius 3 is 2.14 bits per heavy atom. The van der Waals surface area contributed by atoms with E-state index in [1.807, 2.05) is 13.8 Å². The van der Waals surface area contributed by atoms with Crippen LogP contribution < -0.4 is 9.47 Å². The number of carbonyl (C=O) groups is 2. The number of benzene rings is 2. The molecule has 2 aromatic carbocycles. The molecule has 0 amide bonds. The highest BCUT2D eigenvalue weighted by atomic mass is 35.5. The molecule has 0 radical (unpaired) electrons. The van der Waals surface area contributed by atoms with Crippen LogP contribution >= 0.6 is 11.6 Å². The number of rotatable bonds is 16. The zero-order chi connectivity index (χ0) is 25.5. The van der Waals surface area contributed by atoms with Crippen LogP contribution in [0.25, 0.3) is 0 Å². The van der Waals surface area contributed by atoms with Crippen molar-refractivity contribution < 1.29 is 23.8 Å². The number of carbonyl (C=O) groups excluding carboxylic acids is 2. The van der Waals surface area contributed by atoms with Crippen LogP contribution in [0.3, 0.4) is 0 Å². The van der Waals surface area contributed by atoms with Crippen molar-refractivity contribution >= 4 is 23.5 Å². The third kappa shape index (κ3) is 10.3. The van der Waals surface area contributed by atoms with Gasteiger partial charge in [0.1, 0.15) is 22.6 Å². The maximum atomic E-state index is 13.0. The van der Waals surface area contributed by atoms with Gasteiger partial charge in [-0.1, -0.05) is 83.6 Å². The first-order valence-corrected chi connectivity index (χ1v) is 13.2. The second kappa shape index (κ2) is 16.2. The van der Waals surface area contributed by atoms with Gasteiger partial charge in [0.05, 0.1) is 13.2 Å². The second-order valence-corrected chi connectivity index (χ2v) is 9.55. The lowest BCUT2D eigenvalue weighted by molar-refractivity contribution is 0.0442. The van der Waals surface area contributed by atoms with E-state index in [0.29, 0.717) is 30.9 Å². The number of para-hydroxylation sites is 2. The van der Waals surface area contributed by atoms with Crippen molar-refractivity contribution in [3.05, 3.63) is 59.7 Å². The Morgan fingerprint density at radius 2 is 1.46 bits per heavy atom. The Kier molecular flexibility index (Phi) is 13.3. The van der Waals surface area contributed by atoms with Crippen LogP contribution in [0.5, 0.6) is 11.5 Å². The largest absolute Gasteiger partial charge is 0.493 e. The van der Waals surface area contributed by atoms with Crippen molar-refractivity contribution in [3.8, 4) is 11.5 Å². The van der Waals surface area contributed by atoms with E-state index >= 15 is 0 Å². The first-order chi connectivity index (χ1) is 17.0. The summed E-state index contributed by atoms with van der Waals surface area (Å²) in [4.78, 5) is 25.5. The molecule has 0 aliphatic heterocycles. The summed E-state index contributed by atoms with van der Waals surface area (Å²) in [5.41, 5.74) is 0.507. The SMILES string of the molecule is CCCCCCCC(Cl)CCOc1ccccc1C(=O)Oc1ccccc1C(=O)OC[C@@H](C)CC. The lowest BCUT2D eigenvalue weighted by atomic mass is 10.1. The maximum absolute atomic E-state index is 13.0. The van der Waals surface area contributed by atoms with Crippen molar-refractivity contribution in [3.63, 3.8) is 0 Å². The van der Waals surface area contributed by atoms with Crippen LogP contribution in [0.1, 0.15) is 92.9 Å². The van der Waals surface area contributed by atoms with E-state index in [-0.39, 0.29) is 22.6 Å². The molecule has 0 N–H and O–H groups in total. The summed E-state index contributed by atoms with van der Waals surface area (Å²) in [6.45, 7) is 6.98. The number of unbranched alkanes of at least 4 members (excludes halogenated alkanes) is 4. The van der Waals surface area contributed by atoms with Gasteiger partial charge in [-0.3, -0.25) is 0 Å². The van der Waals surface area contributed by atoms with Crippen LogP contribution in [-0.4, -0.2) is 30.5 Å². The van der Waals surface area contributed by atoms with Gasteiger partial charge in [0, 0.05) is 5.38 Å². The number of hydrogen-bond acceptors (Lipinski definition) is 5. The van der Waals surface area contributed by atoms with Crippen molar-refractivity contribution in [2.45, 2.75) is 77.5 Å². The first kappa shape index (κ1) is 28.7. The van der Waals surface area contributed by atoms with Crippen molar-refractivity contribution in [2.24, 2.45) is 5.92 Å². The van der Waals surface area contributed by atoms with Gasteiger partial charge in [-0.15, -0.1) is 11.6 Å². The van der Waals surface area contributed by atoms with Crippen LogP contribution in [-0.2, 0) is 4.74 Å². The lowest BCUT2D eigenvalue weighted by Gasteiger charge is -2.14. The molecule has 1 unspecified atom stereocenters. The van der Waals surface area contributed by atoms with Crippen LogP contribution in [0.2, 0.25) is 0 Å². The Bertz CT molecular complexity index is 913. The highest BCUT2D eigenvalue weighted by Crippen LogP contribution is 2.25. The van der Waals surface area contributed by atoms with E-state index in [2.05, 4.69) is 6.92 Å². The number of hydrogen-bond donors (Lipinski definition) is 0. The van der Waals surface area contributed by atoms with Gasteiger partial charge >= 0.3 is 11.9 Å². The summed E-state index contributed by atoms with van der Waals surface area (Å²) in [5.74, 6) is -0.264. The molecule has 2 rings (SSSR count). The fourth-order valence-corrected chi connectivity index (χ4v) is 3.71. The van der Waals surface area contributed by atoms with E-state index in [1.54, 1.807) is 48.5 Å². The molecule has 0 aliphatic rings. The number of alkyl halides is 1. The molecule has 2 atom stereocenters. The van der Waals surface area contributed by atoms with Crippen molar-refractivity contribution in [2.75, 3.05) is 13.2 Å². The van der Waals surface area contributed by atoms with E-state index < -0.39 is 11.9 Å². The smallest absolute Gasteiger partial charge is 0.347 e. The topological polar surface area (TPSA) is 61.8 Å². The van der Waals surface area contributed by atoms with Gasteiger partial charge in [-0.2, -0.15) is 0 Å². The third-order valence-corrected chi connectivity index (χ3v) is 6.36. The molecule has 35 heavy (non-hydrogen) atoms. The van der Waals surface area contributed by atoms with Crippen molar-refractivity contribution in [1.82, 2.24) is 0 Å². The third-order valence-electron chi connectivity index (χ3n) is 5.92. The molecule has 0 aliphatic carbocycles. The molecule has 0 heterocycles. The summed E-state index contributed by atoms with van der Waals surface area (Å²) < 4.78 is 16.9. The molecular weight excluding hydrogens is 464 g/mol. The van der Waals surface area contributed by atoms with Gasteiger partial charge < -0.3 is 14.2 Å². The number of esters is 2. The minimum Gasteiger partial charge on any atom is -0.493 e. The molecule has 2 aromatic rings. The van der Waals surface area contributed by atoms with Gasteiger partial charge in [-0.05, 0) is 43.0 Å². The molecule has 0 aromatic heterocycles.